The first kappa shape index (κ1) is 16.6. The minimum Gasteiger partial charge on any atom is -0.481 e. The third-order valence-corrected chi connectivity index (χ3v) is 5.21. The van der Waals surface area contributed by atoms with Crippen molar-refractivity contribution in [2.45, 2.75) is 32.2 Å². The standard InChI is InChI=1S/C17H19N3O3S/c21-16(15(17(22)23)12-3-1-2-4-12)19-9-14-20-13(10-24-14)11-5-7-18-8-6-11/h5-8,10,12,15H,1-4,9H2,(H,19,21)(H,22,23). The Morgan fingerprint density at radius 3 is 2.67 bits per heavy atom. The normalized spacial score (nSPS) is 16.0. The molecule has 0 bridgehead atoms. The molecule has 126 valence electrons. The molecule has 0 aliphatic heterocycles. The zero-order valence-corrected chi connectivity index (χ0v) is 14.0. The van der Waals surface area contributed by atoms with Crippen LogP contribution >= 0.6 is 11.3 Å². The van der Waals surface area contributed by atoms with E-state index in [2.05, 4.69) is 15.3 Å². The molecule has 24 heavy (non-hydrogen) atoms. The van der Waals surface area contributed by atoms with Gasteiger partial charge >= 0.3 is 5.97 Å². The summed E-state index contributed by atoms with van der Waals surface area (Å²) >= 11 is 1.45. The van der Waals surface area contributed by atoms with Crippen molar-refractivity contribution in [3.8, 4) is 11.3 Å². The van der Waals surface area contributed by atoms with Gasteiger partial charge in [-0.1, -0.05) is 12.8 Å². The van der Waals surface area contributed by atoms with Crippen molar-refractivity contribution in [2.24, 2.45) is 11.8 Å². The number of aliphatic carboxylic acids is 1. The molecule has 1 atom stereocenters. The molecule has 6 nitrogen and oxygen atoms in total. The van der Waals surface area contributed by atoms with E-state index in [9.17, 15) is 14.7 Å². The Labute approximate surface area is 144 Å². The van der Waals surface area contributed by atoms with Crippen LogP contribution < -0.4 is 5.32 Å². The number of carbonyl (C=O) groups is 2. The molecular weight excluding hydrogens is 326 g/mol. The Kier molecular flexibility index (Phi) is 5.20. The van der Waals surface area contributed by atoms with Gasteiger partial charge in [0.2, 0.25) is 5.91 Å². The van der Waals surface area contributed by atoms with Gasteiger partial charge in [0.15, 0.2) is 0 Å². The fourth-order valence-electron chi connectivity index (χ4n) is 3.14. The highest BCUT2D eigenvalue weighted by atomic mass is 32.1. The Bertz CT molecular complexity index is 711. The molecule has 1 amide bonds. The summed E-state index contributed by atoms with van der Waals surface area (Å²) in [5.41, 5.74) is 1.80. The number of carboxylic acid groups (broad SMARTS) is 1. The second-order valence-electron chi connectivity index (χ2n) is 5.94. The van der Waals surface area contributed by atoms with Gasteiger partial charge in [0.1, 0.15) is 10.9 Å². The van der Waals surface area contributed by atoms with Crippen molar-refractivity contribution in [1.29, 1.82) is 0 Å². The number of hydrogen-bond donors (Lipinski definition) is 2. The number of carbonyl (C=O) groups excluding carboxylic acids is 1. The third kappa shape index (κ3) is 3.79. The molecule has 1 unspecified atom stereocenters. The Morgan fingerprint density at radius 1 is 1.29 bits per heavy atom. The lowest BCUT2D eigenvalue weighted by Gasteiger charge is -2.18. The molecule has 0 aromatic carbocycles. The van der Waals surface area contributed by atoms with Crippen LogP contribution in [0.25, 0.3) is 11.3 Å². The Balaban J connectivity index is 1.61. The maximum atomic E-state index is 12.3. The van der Waals surface area contributed by atoms with Crippen molar-refractivity contribution in [1.82, 2.24) is 15.3 Å². The highest BCUT2D eigenvalue weighted by Gasteiger charge is 2.36. The molecule has 1 aliphatic rings. The van der Waals surface area contributed by atoms with Crippen LogP contribution in [0, 0.1) is 11.8 Å². The van der Waals surface area contributed by atoms with E-state index in [-0.39, 0.29) is 12.5 Å². The summed E-state index contributed by atoms with van der Waals surface area (Å²) in [7, 11) is 0. The van der Waals surface area contributed by atoms with Crippen LogP contribution in [0.4, 0.5) is 0 Å². The largest absolute Gasteiger partial charge is 0.481 e. The predicted octanol–water partition coefficient (Wildman–Crippen LogP) is 2.71. The van der Waals surface area contributed by atoms with Gasteiger partial charge in [-0.05, 0) is 30.9 Å². The molecular formula is C17H19N3O3S. The number of carboxylic acids is 1. The molecule has 2 heterocycles. The third-order valence-electron chi connectivity index (χ3n) is 4.36. The highest BCUT2D eigenvalue weighted by molar-refractivity contribution is 7.09. The highest BCUT2D eigenvalue weighted by Crippen LogP contribution is 2.32. The molecule has 0 spiro atoms. The second-order valence-corrected chi connectivity index (χ2v) is 6.88. The predicted molar refractivity (Wildman–Crippen MR) is 90.3 cm³/mol. The van der Waals surface area contributed by atoms with E-state index in [1.165, 1.54) is 11.3 Å². The smallest absolute Gasteiger partial charge is 0.316 e. The van der Waals surface area contributed by atoms with Crippen LogP contribution in [0.2, 0.25) is 0 Å². The maximum absolute atomic E-state index is 12.3. The number of amides is 1. The quantitative estimate of drug-likeness (QED) is 0.785. The van der Waals surface area contributed by atoms with E-state index in [1.807, 2.05) is 17.5 Å². The first-order chi connectivity index (χ1) is 11.6. The van der Waals surface area contributed by atoms with E-state index in [4.69, 9.17) is 0 Å². The van der Waals surface area contributed by atoms with Gasteiger partial charge in [-0.25, -0.2) is 4.98 Å². The lowest BCUT2D eigenvalue weighted by Crippen LogP contribution is -2.38. The summed E-state index contributed by atoms with van der Waals surface area (Å²) in [6.45, 7) is 0.255. The van der Waals surface area contributed by atoms with Crippen molar-refractivity contribution in [2.75, 3.05) is 0 Å². The molecule has 2 N–H and O–H groups in total. The summed E-state index contributed by atoms with van der Waals surface area (Å²) < 4.78 is 0. The lowest BCUT2D eigenvalue weighted by atomic mass is 9.90. The fraction of sp³-hybridized carbons (Fsp3) is 0.412. The van der Waals surface area contributed by atoms with Crippen molar-refractivity contribution < 1.29 is 14.7 Å². The van der Waals surface area contributed by atoms with E-state index >= 15 is 0 Å². The Hall–Kier alpha value is -2.28. The zero-order chi connectivity index (χ0) is 16.9. The van der Waals surface area contributed by atoms with Crippen LogP contribution in [0.15, 0.2) is 29.9 Å². The summed E-state index contributed by atoms with van der Waals surface area (Å²) in [5, 5.41) is 14.8. The van der Waals surface area contributed by atoms with E-state index < -0.39 is 17.8 Å². The minimum absolute atomic E-state index is 0.0498. The number of aromatic nitrogens is 2. The van der Waals surface area contributed by atoms with Crippen molar-refractivity contribution in [3.05, 3.63) is 34.9 Å². The van der Waals surface area contributed by atoms with Crippen molar-refractivity contribution >= 4 is 23.2 Å². The first-order valence-electron chi connectivity index (χ1n) is 8.00. The first-order valence-corrected chi connectivity index (χ1v) is 8.88. The number of rotatable bonds is 6. The SMILES string of the molecule is O=C(O)C(C(=O)NCc1nc(-c2ccncc2)cs1)C1CCCC1. The van der Waals surface area contributed by atoms with Gasteiger partial charge in [-0.3, -0.25) is 14.6 Å². The number of nitrogens with zero attached hydrogens (tertiary/aromatic N) is 2. The van der Waals surface area contributed by atoms with E-state index in [1.54, 1.807) is 12.4 Å². The summed E-state index contributed by atoms with van der Waals surface area (Å²) in [5.74, 6) is -2.44. The molecule has 1 fully saturated rings. The average Bonchev–Trinajstić information content (AvgIpc) is 3.25. The fourth-order valence-corrected chi connectivity index (χ4v) is 3.88. The van der Waals surface area contributed by atoms with Crippen LogP contribution in [0.5, 0.6) is 0 Å². The molecule has 2 aromatic heterocycles. The van der Waals surface area contributed by atoms with Gasteiger partial charge in [0, 0.05) is 23.3 Å². The summed E-state index contributed by atoms with van der Waals surface area (Å²) in [4.78, 5) is 32.2. The van der Waals surface area contributed by atoms with Crippen LogP contribution in [0.3, 0.4) is 0 Å². The second kappa shape index (κ2) is 7.53. The molecule has 1 aliphatic carbocycles. The molecule has 2 aromatic rings. The van der Waals surface area contributed by atoms with Gasteiger partial charge in [-0.15, -0.1) is 11.3 Å². The monoisotopic (exact) mass is 345 g/mol. The van der Waals surface area contributed by atoms with Crippen LogP contribution in [0.1, 0.15) is 30.7 Å². The average molecular weight is 345 g/mol. The summed E-state index contributed by atoms with van der Waals surface area (Å²) in [6.07, 6.45) is 7.04. The Morgan fingerprint density at radius 2 is 2.00 bits per heavy atom. The molecule has 3 rings (SSSR count). The van der Waals surface area contributed by atoms with Crippen molar-refractivity contribution in [3.63, 3.8) is 0 Å². The van der Waals surface area contributed by atoms with Gasteiger partial charge in [0.05, 0.1) is 12.2 Å². The van der Waals surface area contributed by atoms with Crippen LogP contribution in [-0.2, 0) is 16.1 Å². The van der Waals surface area contributed by atoms with Gasteiger partial charge < -0.3 is 10.4 Å². The number of thiazole rings is 1. The number of hydrogen-bond acceptors (Lipinski definition) is 5. The van der Waals surface area contributed by atoms with E-state index in [0.717, 1.165) is 41.9 Å². The van der Waals surface area contributed by atoms with Crippen LogP contribution in [-0.4, -0.2) is 27.0 Å². The van der Waals surface area contributed by atoms with Gasteiger partial charge in [-0.2, -0.15) is 0 Å². The zero-order valence-electron chi connectivity index (χ0n) is 13.1. The minimum atomic E-state index is -1.03. The maximum Gasteiger partial charge on any atom is 0.316 e. The van der Waals surface area contributed by atoms with Gasteiger partial charge in [0.25, 0.3) is 0 Å². The molecule has 0 saturated heterocycles. The molecule has 7 heteroatoms. The molecule has 1 saturated carbocycles. The number of pyridine rings is 1. The lowest BCUT2D eigenvalue weighted by molar-refractivity contribution is -0.149. The molecule has 0 radical (unpaired) electrons. The summed E-state index contributed by atoms with van der Waals surface area (Å²) in [6, 6.07) is 3.75. The van der Waals surface area contributed by atoms with E-state index in [0.29, 0.717) is 0 Å². The topological polar surface area (TPSA) is 92.2 Å². The number of nitrogens with one attached hydrogen (secondary N) is 1.